The molecule has 3 rings (SSSR count). The Morgan fingerprint density at radius 3 is 2.14 bits per heavy atom. The highest BCUT2D eigenvalue weighted by molar-refractivity contribution is 7.90. The minimum absolute atomic E-state index is 0.162. The number of nitrogens with zero attached hydrogens (tertiary/aromatic N) is 2. The Balaban J connectivity index is 1.89. The quantitative estimate of drug-likeness (QED) is 0.740. The number of hydrogen-bond acceptors (Lipinski definition) is 5. The Kier molecular flexibility index (Phi) is 3.53. The van der Waals surface area contributed by atoms with E-state index >= 15 is 0 Å². The molecule has 21 heavy (non-hydrogen) atoms. The molecule has 5 nitrogen and oxygen atoms in total. The maximum absolute atomic E-state index is 12.2. The Morgan fingerprint density at radius 1 is 0.857 bits per heavy atom. The first-order valence-electron chi connectivity index (χ1n) is 6.31. The summed E-state index contributed by atoms with van der Waals surface area (Å²) in [5.41, 5.74) is 1.36. The van der Waals surface area contributed by atoms with Gasteiger partial charge in [-0.3, -0.25) is 0 Å². The molecule has 0 saturated heterocycles. The average Bonchev–Trinajstić information content (AvgIpc) is 2.99. The maximum atomic E-state index is 12.2. The smallest absolute Gasteiger partial charge is 0.336 e. The van der Waals surface area contributed by atoms with Gasteiger partial charge in [0.15, 0.2) is 0 Å². The van der Waals surface area contributed by atoms with Crippen LogP contribution in [0.2, 0.25) is 0 Å². The molecule has 6 heteroatoms. The van der Waals surface area contributed by atoms with Gasteiger partial charge in [0.05, 0.1) is 5.75 Å². The molecule has 0 bridgehead atoms. The first kappa shape index (κ1) is 13.5. The molecule has 0 N–H and O–H groups in total. The summed E-state index contributed by atoms with van der Waals surface area (Å²) in [6.07, 6.45) is 0. The van der Waals surface area contributed by atoms with Crippen molar-refractivity contribution < 1.29 is 12.8 Å². The van der Waals surface area contributed by atoms with Crippen molar-refractivity contribution in [3.05, 3.63) is 66.2 Å². The van der Waals surface area contributed by atoms with Crippen LogP contribution in [-0.4, -0.2) is 18.6 Å². The van der Waals surface area contributed by atoms with Gasteiger partial charge in [-0.05, 0) is 17.7 Å². The molecular weight excluding hydrogens is 288 g/mol. The van der Waals surface area contributed by atoms with E-state index in [0.717, 1.165) is 0 Å². The highest BCUT2D eigenvalue weighted by Gasteiger charge is 2.23. The van der Waals surface area contributed by atoms with Crippen molar-refractivity contribution in [3.8, 4) is 11.5 Å². The molecule has 0 unspecified atom stereocenters. The summed E-state index contributed by atoms with van der Waals surface area (Å²) in [5.74, 6) is 0.0341. The van der Waals surface area contributed by atoms with Crippen molar-refractivity contribution in [3.63, 3.8) is 0 Å². The molecule has 0 amide bonds. The van der Waals surface area contributed by atoms with Crippen molar-refractivity contribution in [2.45, 2.75) is 11.0 Å². The summed E-state index contributed by atoms with van der Waals surface area (Å²) in [6.45, 7) is 0. The standard InChI is InChI=1S/C15H12N2O3S/c18-21(19,11-12-7-3-1-4-8-12)15-17-16-14(20-15)13-9-5-2-6-10-13/h1-10H,11H2. The van der Waals surface area contributed by atoms with Crippen LogP contribution in [0.4, 0.5) is 0 Å². The first-order valence-corrected chi connectivity index (χ1v) is 7.96. The molecule has 0 aliphatic carbocycles. The zero-order valence-electron chi connectivity index (χ0n) is 11.0. The van der Waals surface area contributed by atoms with E-state index in [2.05, 4.69) is 10.2 Å². The van der Waals surface area contributed by atoms with E-state index in [9.17, 15) is 8.42 Å². The van der Waals surface area contributed by atoms with Crippen LogP contribution in [-0.2, 0) is 15.6 Å². The third-order valence-electron chi connectivity index (χ3n) is 2.89. The lowest BCUT2D eigenvalue weighted by atomic mass is 10.2. The van der Waals surface area contributed by atoms with Gasteiger partial charge >= 0.3 is 5.22 Å². The van der Waals surface area contributed by atoms with Crippen LogP contribution in [0, 0.1) is 0 Å². The van der Waals surface area contributed by atoms with Gasteiger partial charge in [-0.25, -0.2) is 8.42 Å². The molecule has 3 aromatic rings. The lowest BCUT2D eigenvalue weighted by molar-refractivity contribution is 0.439. The summed E-state index contributed by atoms with van der Waals surface area (Å²) in [5, 5.41) is 7.10. The number of hydrogen-bond donors (Lipinski definition) is 0. The fraction of sp³-hybridized carbons (Fsp3) is 0.0667. The van der Waals surface area contributed by atoms with Gasteiger partial charge in [0.1, 0.15) is 0 Å². The average molecular weight is 300 g/mol. The minimum Gasteiger partial charge on any atom is -0.408 e. The number of sulfone groups is 1. The summed E-state index contributed by atoms with van der Waals surface area (Å²) >= 11 is 0. The number of benzene rings is 2. The fourth-order valence-corrected chi connectivity index (χ4v) is 3.01. The monoisotopic (exact) mass is 300 g/mol. The van der Waals surface area contributed by atoms with Crippen LogP contribution < -0.4 is 0 Å². The van der Waals surface area contributed by atoms with Gasteiger partial charge in [0.2, 0.25) is 15.7 Å². The van der Waals surface area contributed by atoms with E-state index in [0.29, 0.717) is 11.1 Å². The molecule has 106 valence electrons. The van der Waals surface area contributed by atoms with E-state index in [4.69, 9.17) is 4.42 Å². The highest BCUT2D eigenvalue weighted by atomic mass is 32.2. The predicted molar refractivity (Wildman–Crippen MR) is 77.1 cm³/mol. The van der Waals surface area contributed by atoms with Crippen molar-refractivity contribution in [2.24, 2.45) is 0 Å². The van der Waals surface area contributed by atoms with Crippen molar-refractivity contribution in [2.75, 3.05) is 0 Å². The van der Waals surface area contributed by atoms with E-state index in [1.807, 2.05) is 24.3 Å². The van der Waals surface area contributed by atoms with Crippen LogP contribution in [0.15, 0.2) is 70.3 Å². The molecule has 0 fully saturated rings. The molecule has 1 aromatic heterocycles. The SMILES string of the molecule is O=S(=O)(Cc1ccccc1)c1nnc(-c2ccccc2)o1. The second-order valence-corrected chi connectivity index (χ2v) is 6.35. The van der Waals surface area contributed by atoms with Crippen LogP contribution in [0.25, 0.3) is 11.5 Å². The van der Waals surface area contributed by atoms with Gasteiger partial charge in [-0.2, -0.15) is 0 Å². The van der Waals surface area contributed by atoms with Gasteiger partial charge in [0.25, 0.3) is 0 Å². The Bertz CT molecular complexity index is 828. The normalized spacial score (nSPS) is 11.4. The molecule has 0 atom stereocenters. The predicted octanol–water partition coefficient (Wildman–Crippen LogP) is 2.71. The van der Waals surface area contributed by atoms with E-state index in [1.54, 1.807) is 36.4 Å². The highest BCUT2D eigenvalue weighted by Crippen LogP contribution is 2.21. The van der Waals surface area contributed by atoms with Gasteiger partial charge in [-0.1, -0.05) is 53.6 Å². The minimum atomic E-state index is -3.64. The van der Waals surface area contributed by atoms with Crippen molar-refractivity contribution in [1.29, 1.82) is 0 Å². The Morgan fingerprint density at radius 2 is 1.48 bits per heavy atom. The summed E-state index contributed by atoms with van der Waals surface area (Å²) in [7, 11) is -3.64. The topological polar surface area (TPSA) is 73.1 Å². The maximum Gasteiger partial charge on any atom is 0.336 e. The van der Waals surface area contributed by atoms with Crippen LogP contribution in [0.1, 0.15) is 5.56 Å². The third-order valence-corrected chi connectivity index (χ3v) is 4.30. The Labute approximate surface area is 122 Å². The third kappa shape index (κ3) is 3.00. The first-order chi connectivity index (χ1) is 10.1. The molecule has 0 aliphatic heterocycles. The molecule has 0 saturated carbocycles. The molecule has 0 aliphatic rings. The van der Waals surface area contributed by atoms with Crippen LogP contribution in [0.5, 0.6) is 0 Å². The van der Waals surface area contributed by atoms with E-state index < -0.39 is 9.84 Å². The summed E-state index contributed by atoms with van der Waals surface area (Å²) in [6, 6.07) is 17.9. The number of aromatic nitrogens is 2. The molecule has 1 heterocycles. The molecular formula is C15H12N2O3S. The van der Waals surface area contributed by atoms with Crippen LogP contribution >= 0.6 is 0 Å². The van der Waals surface area contributed by atoms with Gasteiger partial charge in [0, 0.05) is 5.56 Å². The Hall–Kier alpha value is -2.47. The van der Waals surface area contributed by atoms with E-state index in [1.165, 1.54) is 0 Å². The molecule has 0 radical (unpaired) electrons. The second-order valence-electron chi connectivity index (χ2n) is 4.48. The lowest BCUT2D eigenvalue weighted by Crippen LogP contribution is -2.05. The van der Waals surface area contributed by atoms with Crippen molar-refractivity contribution in [1.82, 2.24) is 10.2 Å². The zero-order valence-corrected chi connectivity index (χ0v) is 11.8. The largest absolute Gasteiger partial charge is 0.408 e. The molecule has 0 spiro atoms. The zero-order chi connectivity index (χ0) is 14.7. The fourth-order valence-electron chi connectivity index (χ4n) is 1.89. The van der Waals surface area contributed by atoms with Gasteiger partial charge in [-0.15, -0.1) is 5.10 Å². The van der Waals surface area contributed by atoms with Gasteiger partial charge < -0.3 is 4.42 Å². The summed E-state index contributed by atoms with van der Waals surface area (Å²) < 4.78 is 29.8. The number of rotatable bonds is 4. The van der Waals surface area contributed by atoms with Crippen molar-refractivity contribution >= 4 is 9.84 Å². The molecule has 2 aromatic carbocycles. The summed E-state index contributed by atoms with van der Waals surface area (Å²) in [4.78, 5) is 0. The lowest BCUT2D eigenvalue weighted by Gasteiger charge is -1.99. The van der Waals surface area contributed by atoms with Crippen LogP contribution in [0.3, 0.4) is 0 Å². The van der Waals surface area contributed by atoms with E-state index in [-0.39, 0.29) is 16.9 Å². The second kappa shape index (κ2) is 5.49.